The number of hydrogen-bond acceptors (Lipinski definition) is 3. The van der Waals surface area contributed by atoms with E-state index in [0.717, 1.165) is 5.56 Å². The second-order valence-electron chi connectivity index (χ2n) is 4.56. The van der Waals surface area contributed by atoms with Crippen LogP contribution < -0.4 is 0 Å². The summed E-state index contributed by atoms with van der Waals surface area (Å²) < 4.78 is 26.1. The number of nitrogens with one attached hydrogen (secondary N) is 1. The summed E-state index contributed by atoms with van der Waals surface area (Å²) in [7, 11) is -2.11. The Morgan fingerprint density at radius 3 is 2.57 bits per heavy atom. The zero-order valence-corrected chi connectivity index (χ0v) is 13.9. The molecule has 2 aromatic rings. The van der Waals surface area contributed by atoms with E-state index in [9.17, 15) is 8.42 Å². The molecule has 0 aliphatic rings. The summed E-state index contributed by atoms with van der Waals surface area (Å²) in [5.74, 6) is 0.636. The predicted octanol–water partition coefficient (Wildman–Crippen LogP) is 3.10. The standard InChI is InChI=1S/C13H15Cl2N3O2S/c1-3-12-16-7-13(17-12)21(19,20)18(2)8-9-4-5-10(14)11(15)6-9/h4-7H,3,8H2,1-2H3,(H,16,17). The number of hydrogen-bond donors (Lipinski definition) is 1. The minimum Gasteiger partial charge on any atom is -0.332 e. The molecule has 0 spiro atoms. The molecular weight excluding hydrogens is 333 g/mol. The highest BCUT2D eigenvalue weighted by Crippen LogP contribution is 2.24. The monoisotopic (exact) mass is 347 g/mol. The lowest BCUT2D eigenvalue weighted by molar-refractivity contribution is 0.464. The van der Waals surface area contributed by atoms with Crippen molar-refractivity contribution in [2.45, 2.75) is 24.9 Å². The third-order valence-electron chi connectivity index (χ3n) is 3.02. The maximum atomic E-state index is 12.4. The smallest absolute Gasteiger partial charge is 0.260 e. The lowest BCUT2D eigenvalue weighted by Gasteiger charge is -2.16. The highest BCUT2D eigenvalue weighted by atomic mass is 35.5. The van der Waals surface area contributed by atoms with Crippen LogP contribution in [-0.2, 0) is 23.0 Å². The van der Waals surface area contributed by atoms with Crippen molar-refractivity contribution in [1.29, 1.82) is 0 Å². The number of H-pyrrole nitrogens is 1. The third-order valence-corrected chi connectivity index (χ3v) is 5.47. The number of nitrogens with zero attached hydrogens (tertiary/aromatic N) is 2. The first-order chi connectivity index (χ1) is 9.84. The Kier molecular flexibility index (Phi) is 4.93. The second kappa shape index (κ2) is 6.36. The minimum absolute atomic E-state index is 0.0851. The van der Waals surface area contributed by atoms with Gasteiger partial charge in [0.25, 0.3) is 10.0 Å². The lowest BCUT2D eigenvalue weighted by atomic mass is 10.2. The number of aromatic amines is 1. The molecule has 0 bridgehead atoms. The van der Waals surface area contributed by atoms with E-state index >= 15 is 0 Å². The fourth-order valence-electron chi connectivity index (χ4n) is 1.80. The highest BCUT2D eigenvalue weighted by Gasteiger charge is 2.23. The van der Waals surface area contributed by atoms with Crippen molar-refractivity contribution in [3.63, 3.8) is 0 Å². The van der Waals surface area contributed by atoms with Crippen LogP contribution in [-0.4, -0.2) is 29.7 Å². The Morgan fingerprint density at radius 1 is 1.29 bits per heavy atom. The average Bonchev–Trinajstić information content (AvgIpc) is 2.92. The molecule has 2 rings (SSSR count). The van der Waals surface area contributed by atoms with Crippen LogP contribution in [0.15, 0.2) is 29.4 Å². The van der Waals surface area contributed by atoms with E-state index < -0.39 is 10.0 Å². The Labute approximate surface area is 134 Å². The SMILES string of the molecule is CCc1ncc(S(=O)(=O)N(C)Cc2ccc(Cl)c(Cl)c2)[nH]1. The van der Waals surface area contributed by atoms with E-state index in [-0.39, 0.29) is 11.6 Å². The van der Waals surface area contributed by atoms with Crippen molar-refractivity contribution in [1.82, 2.24) is 14.3 Å². The normalized spacial score (nSPS) is 12.0. The molecule has 1 N–H and O–H groups in total. The summed E-state index contributed by atoms with van der Waals surface area (Å²) in [4.78, 5) is 6.82. The molecule has 5 nitrogen and oxygen atoms in total. The summed E-state index contributed by atoms with van der Waals surface area (Å²) >= 11 is 11.8. The zero-order valence-electron chi connectivity index (χ0n) is 11.6. The summed E-state index contributed by atoms with van der Waals surface area (Å²) in [6, 6.07) is 5.04. The first-order valence-corrected chi connectivity index (χ1v) is 8.48. The number of sulfonamides is 1. The van der Waals surface area contributed by atoms with Crippen LogP contribution >= 0.6 is 23.2 Å². The van der Waals surface area contributed by atoms with Gasteiger partial charge in [-0.05, 0) is 17.7 Å². The molecule has 0 saturated carbocycles. The van der Waals surface area contributed by atoms with Gasteiger partial charge in [0.2, 0.25) is 0 Å². The minimum atomic E-state index is -3.61. The van der Waals surface area contributed by atoms with Crippen LogP contribution in [0, 0.1) is 0 Å². The number of aryl methyl sites for hydroxylation is 1. The molecule has 1 aromatic heterocycles. The number of imidazole rings is 1. The molecule has 0 unspecified atom stereocenters. The molecule has 1 aromatic carbocycles. The molecule has 0 radical (unpaired) electrons. The van der Waals surface area contributed by atoms with Gasteiger partial charge in [-0.15, -0.1) is 0 Å². The molecule has 0 aliphatic heterocycles. The van der Waals surface area contributed by atoms with E-state index in [1.807, 2.05) is 6.92 Å². The lowest BCUT2D eigenvalue weighted by Crippen LogP contribution is -2.26. The second-order valence-corrected chi connectivity index (χ2v) is 7.38. The first-order valence-electron chi connectivity index (χ1n) is 6.28. The van der Waals surface area contributed by atoms with Gasteiger partial charge in [-0.1, -0.05) is 36.2 Å². The van der Waals surface area contributed by atoms with Gasteiger partial charge in [0.05, 0.1) is 16.2 Å². The van der Waals surface area contributed by atoms with Gasteiger partial charge in [-0.2, -0.15) is 4.31 Å². The fraction of sp³-hybridized carbons (Fsp3) is 0.308. The van der Waals surface area contributed by atoms with Gasteiger partial charge in [0, 0.05) is 20.0 Å². The predicted molar refractivity (Wildman–Crippen MR) is 83.1 cm³/mol. The maximum absolute atomic E-state index is 12.4. The van der Waals surface area contributed by atoms with Crippen molar-refractivity contribution in [2.24, 2.45) is 0 Å². The number of rotatable bonds is 5. The van der Waals surface area contributed by atoms with Crippen molar-refractivity contribution in [3.8, 4) is 0 Å². The van der Waals surface area contributed by atoms with E-state index in [4.69, 9.17) is 23.2 Å². The van der Waals surface area contributed by atoms with Crippen LogP contribution in [0.25, 0.3) is 0 Å². The van der Waals surface area contributed by atoms with Gasteiger partial charge in [0.15, 0.2) is 5.03 Å². The molecule has 0 atom stereocenters. The van der Waals surface area contributed by atoms with E-state index in [1.54, 1.807) is 18.2 Å². The van der Waals surface area contributed by atoms with Crippen molar-refractivity contribution < 1.29 is 8.42 Å². The number of aromatic nitrogens is 2. The van der Waals surface area contributed by atoms with E-state index in [1.165, 1.54) is 17.5 Å². The maximum Gasteiger partial charge on any atom is 0.260 e. The molecular formula is C13H15Cl2N3O2S. The van der Waals surface area contributed by atoms with Gasteiger partial charge in [0.1, 0.15) is 5.82 Å². The molecule has 0 saturated heterocycles. The molecule has 1 heterocycles. The molecule has 21 heavy (non-hydrogen) atoms. The summed E-state index contributed by atoms with van der Waals surface area (Å²) in [5.41, 5.74) is 0.755. The van der Waals surface area contributed by atoms with Gasteiger partial charge >= 0.3 is 0 Å². The summed E-state index contributed by atoms with van der Waals surface area (Å²) in [6.45, 7) is 2.09. The highest BCUT2D eigenvalue weighted by molar-refractivity contribution is 7.89. The average molecular weight is 348 g/mol. The molecule has 0 fully saturated rings. The number of halogens is 2. The quantitative estimate of drug-likeness (QED) is 0.903. The van der Waals surface area contributed by atoms with E-state index in [0.29, 0.717) is 22.3 Å². The Bertz CT molecular complexity index is 744. The fourth-order valence-corrected chi connectivity index (χ4v) is 3.21. The Balaban J connectivity index is 2.21. The van der Waals surface area contributed by atoms with E-state index in [2.05, 4.69) is 9.97 Å². The van der Waals surface area contributed by atoms with Gasteiger partial charge in [-0.25, -0.2) is 13.4 Å². The summed E-state index contributed by atoms with van der Waals surface area (Å²) in [6.07, 6.45) is 1.98. The summed E-state index contributed by atoms with van der Waals surface area (Å²) in [5, 5.41) is 0.920. The zero-order chi connectivity index (χ0) is 15.6. The van der Waals surface area contributed by atoms with Crippen LogP contribution in [0.1, 0.15) is 18.3 Å². The third kappa shape index (κ3) is 3.58. The van der Waals surface area contributed by atoms with Crippen LogP contribution in [0.2, 0.25) is 10.0 Å². The van der Waals surface area contributed by atoms with Crippen molar-refractivity contribution >= 4 is 33.2 Å². The van der Waals surface area contributed by atoms with Crippen molar-refractivity contribution in [3.05, 3.63) is 45.8 Å². The van der Waals surface area contributed by atoms with Crippen molar-refractivity contribution in [2.75, 3.05) is 7.05 Å². The Morgan fingerprint density at radius 2 is 2.00 bits per heavy atom. The molecule has 114 valence electrons. The number of benzene rings is 1. The molecule has 8 heteroatoms. The first kappa shape index (κ1) is 16.3. The molecule has 0 amide bonds. The topological polar surface area (TPSA) is 66.1 Å². The van der Waals surface area contributed by atoms with Crippen LogP contribution in [0.3, 0.4) is 0 Å². The van der Waals surface area contributed by atoms with Gasteiger partial charge in [-0.3, -0.25) is 0 Å². The van der Waals surface area contributed by atoms with Crippen LogP contribution in [0.4, 0.5) is 0 Å². The van der Waals surface area contributed by atoms with Gasteiger partial charge < -0.3 is 4.98 Å². The molecule has 0 aliphatic carbocycles. The van der Waals surface area contributed by atoms with Crippen LogP contribution in [0.5, 0.6) is 0 Å². The largest absolute Gasteiger partial charge is 0.332 e. The Hall–Kier alpha value is -1.08.